The van der Waals surface area contributed by atoms with Crippen molar-refractivity contribution in [1.29, 1.82) is 0 Å². The maximum atomic E-state index is 12.0. The number of benzene rings is 2. The number of anilines is 1. The standard InChI is InChI=1S/C19H20N4O3S/c24-19(11-12-20-27(25,26)14-15-7-3-1-4-8-15)21-18-13-17(22-23-18)16-9-5-2-6-10-16/h1-10,13,20H,11-12,14H2,(H2,21,22,23,24). The van der Waals surface area contributed by atoms with Crippen LogP contribution in [0.15, 0.2) is 66.7 Å². The van der Waals surface area contributed by atoms with Gasteiger partial charge in [-0.25, -0.2) is 13.1 Å². The lowest BCUT2D eigenvalue weighted by molar-refractivity contribution is -0.116. The van der Waals surface area contributed by atoms with Crippen molar-refractivity contribution in [2.75, 3.05) is 11.9 Å². The quantitative estimate of drug-likeness (QED) is 0.555. The minimum atomic E-state index is -3.49. The van der Waals surface area contributed by atoms with E-state index in [1.165, 1.54) is 0 Å². The summed E-state index contributed by atoms with van der Waals surface area (Å²) in [4.78, 5) is 12.0. The Morgan fingerprint density at radius 3 is 2.37 bits per heavy atom. The number of hydrogen-bond acceptors (Lipinski definition) is 4. The third-order valence-electron chi connectivity index (χ3n) is 3.80. The Morgan fingerprint density at radius 1 is 1.00 bits per heavy atom. The first-order chi connectivity index (χ1) is 13.0. The molecule has 2 aromatic carbocycles. The number of hydrogen-bond donors (Lipinski definition) is 3. The van der Waals surface area contributed by atoms with Crippen molar-refractivity contribution in [2.45, 2.75) is 12.2 Å². The van der Waals surface area contributed by atoms with Gasteiger partial charge in [0.15, 0.2) is 5.82 Å². The lowest BCUT2D eigenvalue weighted by Gasteiger charge is -2.06. The average molecular weight is 384 g/mol. The molecule has 7 nitrogen and oxygen atoms in total. The predicted molar refractivity (Wildman–Crippen MR) is 104 cm³/mol. The first-order valence-electron chi connectivity index (χ1n) is 8.44. The zero-order valence-corrected chi connectivity index (χ0v) is 15.4. The second kappa shape index (κ2) is 8.61. The zero-order chi connectivity index (χ0) is 19.1. The molecule has 0 unspecified atom stereocenters. The van der Waals surface area contributed by atoms with Gasteiger partial charge in [-0.3, -0.25) is 9.89 Å². The van der Waals surface area contributed by atoms with Crippen LogP contribution in [-0.4, -0.2) is 31.1 Å². The van der Waals surface area contributed by atoms with Gasteiger partial charge in [0.2, 0.25) is 15.9 Å². The minimum Gasteiger partial charge on any atom is -0.309 e. The molecule has 0 aliphatic carbocycles. The summed E-state index contributed by atoms with van der Waals surface area (Å²) in [6.07, 6.45) is 0.0154. The first kappa shape index (κ1) is 18.8. The third kappa shape index (κ3) is 5.77. The van der Waals surface area contributed by atoms with Gasteiger partial charge in [-0.2, -0.15) is 5.10 Å². The van der Waals surface area contributed by atoms with Crippen LogP contribution in [0, 0.1) is 0 Å². The second-order valence-corrected chi connectivity index (χ2v) is 7.78. The molecule has 1 heterocycles. The molecule has 0 saturated carbocycles. The molecule has 0 aliphatic heterocycles. The van der Waals surface area contributed by atoms with Crippen LogP contribution >= 0.6 is 0 Å². The largest absolute Gasteiger partial charge is 0.309 e. The number of carbonyl (C=O) groups is 1. The maximum absolute atomic E-state index is 12.0. The summed E-state index contributed by atoms with van der Waals surface area (Å²) >= 11 is 0. The zero-order valence-electron chi connectivity index (χ0n) is 14.6. The highest BCUT2D eigenvalue weighted by Gasteiger charge is 2.12. The molecule has 0 fully saturated rings. The Balaban J connectivity index is 1.47. The van der Waals surface area contributed by atoms with E-state index in [0.29, 0.717) is 11.4 Å². The van der Waals surface area contributed by atoms with Crippen LogP contribution in [0.3, 0.4) is 0 Å². The molecule has 0 aliphatic rings. The van der Waals surface area contributed by atoms with Gasteiger partial charge in [-0.1, -0.05) is 60.7 Å². The molecule has 3 N–H and O–H groups in total. The van der Waals surface area contributed by atoms with Crippen LogP contribution in [0.4, 0.5) is 5.82 Å². The van der Waals surface area contributed by atoms with Crippen molar-refractivity contribution in [2.24, 2.45) is 0 Å². The van der Waals surface area contributed by atoms with Crippen molar-refractivity contribution in [3.05, 3.63) is 72.3 Å². The van der Waals surface area contributed by atoms with Gasteiger partial charge in [0.25, 0.3) is 0 Å². The monoisotopic (exact) mass is 384 g/mol. The summed E-state index contributed by atoms with van der Waals surface area (Å²) in [6.45, 7) is 0.0248. The molecule has 0 bridgehead atoms. The van der Waals surface area contributed by atoms with Crippen molar-refractivity contribution < 1.29 is 13.2 Å². The fraction of sp³-hybridized carbons (Fsp3) is 0.158. The van der Waals surface area contributed by atoms with Gasteiger partial charge in [0.05, 0.1) is 11.4 Å². The molecular formula is C19H20N4O3S. The molecule has 0 saturated heterocycles. The SMILES string of the molecule is O=C(CCNS(=O)(=O)Cc1ccccc1)Nc1cc(-c2ccccc2)[nH]n1. The maximum Gasteiger partial charge on any atom is 0.226 e. The fourth-order valence-corrected chi connectivity index (χ4v) is 3.67. The van der Waals surface area contributed by atoms with E-state index in [1.54, 1.807) is 30.3 Å². The molecule has 140 valence electrons. The van der Waals surface area contributed by atoms with E-state index in [1.807, 2.05) is 36.4 Å². The predicted octanol–water partition coefficient (Wildman–Crippen LogP) is 2.52. The fourth-order valence-electron chi connectivity index (χ4n) is 2.52. The van der Waals surface area contributed by atoms with Crippen molar-refractivity contribution in [3.63, 3.8) is 0 Å². The number of sulfonamides is 1. The summed E-state index contributed by atoms with van der Waals surface area (Å²) < 4.78 is 26.5. The van der Waals surface area contributed by atoms with E-state index in [-0.39, 0.29) is 24.6 Å². The first-order valence-corrected chi connectivity index (χ1v) is 10.1. The van der Waals surface area contributed by atoms with Crippen LogP contribution < -0.4 is 10.0 Å². The lowest BCUT2D eigenvalue weighted by Crippen LogP contribution is -2.28. The van der Waals surface area contributed by atoms with E-state index in [0.717, 1.165) is 11.3 Å². The van der Waals surface area contributed by atoms with Crippen molar-refractivity contribution in [3.8, 4) is 11.3 Å². The number of nitrogens with one attached hydrogen (secondary N) is 3. The van der Waals surface area contributed by atoms with Crippen LogP contribution in [0.5, 0.6) is 0 Å². The Kier molecular flexibility index (Phi) is 6.00. The van der Waals surface area contributed by atoms with Gasteiger partial charge in [-0.15, -0.1) is 0 Å². The highest BCUT2D eigenvalue weighted by atomic mass is 32.2. The molecular weight excluding hydrogens is 364 g/mol. The van der Waals surface area contributed by atoms with Crippen LogP contribution in [0.1, 0.15) is 12.0 Å². The second-order valence-electron chi connectivity index (χ2n) is 5.97. The van der Waals surface area contributed by atoms with E-state index in [2.05, 4.69) is 20.2 Å². The third-order valence-corrected chi connectivity index (χ3v) is 5.16. The molecule has 3 aromatic rings. The number of H-pyrrole nitrogens is 1. The molecule has 27 heavy (non-hydrogen) atoms. The Hall–Kier alpha value is -2.97. The molecule has 0 atom stereocenters. The minimum absolute atomic E-state index is 0.0154. The van der Waals surface area contributed by atoms with E-state index in [4.69, 9.17) is 0 Å². The number of amides is 1. The Labute approximate surface area is 157 Å². The summed E-state index contributed by atoms with van der Waals surface area (Å²) in [5.74, 6) is -0.0376. The van der Waals surface area contributed by atoms with Crippen molar-refractivity contribution in [1.82, 2.24) is 14.9 Å². The Bertz CT molecular complexity index is 986. The Morgan fingerprint density at radius 2 is 1.67 bits per heavy atom. The van der Waals surface area contributed by atoms with Crippen LogP contribution in [-0.2, 0) is 20.6 Å². The summed E-state index contributed by atoms with van der Waals surface area (Å²) in [6, 6.07) is 20.2. The number of nitrogens with zero attached hydrogens (tertiary/aromatic N) is 1. The molecule has 3 rings (SSSR count). The van der Waals surface area contributed by atoms with Crippen LogP contribution in [0.2, 0.25) is 0 Å². The summed E-state index contributed by atoms with van der Waals surface area (Å²) in [5, 5.41) is 9.56. The molecule has 8 heteroatoms. The average Bonchev–Trinajstić information content (AvgIpc) is 3.11. The number of rotatable bonds is 8. The molecule has 0 spiro atoms. The highest BCUT2D eigenvalue weighted by molar-refractivity contribution is 7.88. The van der Waals surface area contributed by atoms with Gasteiger partial charge < -0.3 is 5.32 Å². The molecule has 0 radical (unpaired) electrons. The van der Waals surface area contributed by atoms with E-state index < -0.39 is 10.0 Å². The molecule has 1 amide bonds. The van der Waals surface area contributed by atoms with E-state index >= 15 is 0 Å². The van der Waals surface area contributed by atoms with E-state index in [9.17, 15) is 13.2 Å². The number of aromatic amines is 1. The topological polar surface area (TPSA) is 104 Å². The smallest absolute Gasteiger partial charge is 0.226 e. The van der Waals surface area contributed by atoms with Crippen molar-refractivity contribution >= 4 is 21.7 Å². The lowest BCUT2D eigenvalue weighted by atomic mass is 10.1. The summed E-state index contributed by atoms with van der Waals surface area (Å²) in [7, 11) is -3.49. The van der Waals surface area contributed by atoms with Gasteiger partial charge in [0, 0.05) is 19.0 Å². The van der Waals surface area contributed by atoms with Gasteiger partial charge in [0.1, 0.15) is 0 Å². The molecule has 1 aromatic heterocycles. The normalized spacial score (nSPS) is 11.3. The van der Waals surface area contributed by atoms with Gasteiger partial charge in [-0.05, 0) is 11.1 Å². The number of carbonyl (C=O) groups excluding carboxylic acids is 1. The summed E-state index contributed by atoms with van der Waals surface area (Å²) in [5.41, 5.74) is 2.44. The van der Waals surface area contributed by atoms with Gasteiger partial charge >= 0.3 is 0 Å². The number of aromatic nitrogens is 2. The van der Waals surface area contributed by atoms with Crippen LogP contribution in [0.25, 0.3) is 11.3 Å². The highest BCUT2D eigenvalue weighted by Crippen LogP contribution is 2.19.